The van der Waals surface area contributed by atoms with Crippen molar-refractivity contribution >= 4 is 17.4 Å². The van der Waals surface area contributed by atoms with E-state index in [9.17, 15) is 13.2 Å². The first-order valence-electron chi connectivity index (χ1n) is 7.99. The second-order valence-corrected chi connectivity index (χ2v) is 6.65. The fraction of sp³-hybridized carbons (Fsp3) is 0.412. The van der Waals surface area contributed by atoms with E-state index in [1.54, 1.807) is 6.07 Å². The molecule has 1 fully saturated rings. The monoisotopic (exact) mass is 370 g/mol. The van der Waals surface area contributed by atoms with Crippen LogP contribution in [0.5, 0.6) is 0 Å². The van der Waals surface area contributed by atoms with Crippen molar-refractivity contribution in [3.05, 3.63) is 40.9 Å². The Bertz CT molecular complexity index is 734. The Morgan fingerprint density at radius 2 is 1.92 bits per heavy atom. The average Bonchev–Trinajstić information content (AvgIpc) is 2.56. The van der Waals surface area contributed by atoms with E-state index in [0.29, 0.717) is 22.1 Å². The predicted octanol–water partition coefficient (Wildman–Crippen LogP) is 4.32. The van der Waals surface area contributed by atoms with Gasteiger partial charge in [-0.1, -0.05) is 23.7 Å². The summed E-state index contributed by atoms with van der Waals surface area (Å²) in [5.41, 5.74) is 0.270. The molecule has 8 heteroatoms. The van der Waals surface area contributed by atoms with E-state index >= 15 is 0 Å². The summed E-state index contributed by atoms with van der Waals surface area (Å²) in [5.74, 6) is 0.498. The number of nitrogens with zero attached hydrogens (tertiary/aromatic N) is 3. The van der Waals surface area contributed by atoms with E-state index in [1.165, 1.54) is 12.1 Å². The summed E-state index contributed by atoms with van der Waals surface area (Å²) in [6.45, 7) is 1.98. The topological polar surface area (TPSA) is 41.0 Å². The van der Waals surface area contributed by atoms with Gasteiger partial charge >= 0.3 is 6.18 Å². The van der Waals surface area contributed by atoms with E-state index in [-0.39, 0.29) is 6.04 Å². The highest BCUT2D eigenvalue weighted by atomic mass is 35.5. The summed E-state index contributed by atoms with van der Waals surface area (Å²) >= 11 is 6.28. The number of benzene rings is 1. The Balaban J connectivity index is 1.75. The van der Waals surface area contributed by atoms with E-state index in [1.807, 2.05) is 0 Å². The molecule has 1 aliphatic heterocycles. The molecule has 2 heterocycles. The van der Waals surface area contributed by atoms with Crippen molar-refractivity contribution in [1.82, 2.24) is 15.1 Å². The van der Waals surface area contributed by atoms with Gasteiger partial charge in [-0.15, -0.1) is 10.2 Å². The highest BCUT2D eigenvalue weighted by molar-refractivity contribution is 6.33. The molecule has 25 heavy (non-hydrogen) atoms. The maximum Gasteiger partial charge on any atom is 0.416 e. The maximum absolute atomic E-state index is 12.6. The first kappa shape index (κ1) is 17.9. The van der Waals surface area contributed by atoms with Gasteiger partial charge in [-0.25, -0.2) is 0 Å². The maximum atomic E-state index is 12.6. The van der Waals surface area contributed by atoms with Crippen LogP contribution in [0.3, 0.4) is 0 Å². The molecule has 134 valence electrons. The highest BCUT2D eigenvalue weighted by Crippen LogP contribution is 2.31. The molecule has 0 amide bonds. The molecule has 1 aliphatic rings. The lowest BCUT2D eigenvalue weighted by molar-refractivity contribution is -0.137. The molecule has 0 aliphatic carbocycles. The Labute approximate surface area is 149 Å². The summed E-state index contributed by atoms with van der Waals surface area (Å²) in [6.07, 6.45) is -2.23. The molecule has 0 saturated carbocycles. The van der Waals surface area contributed by atoms with Gasteiger partial charge in [0.05, 0.1) is 16.3 Å². The molecular weight excluding hydrogens is 353 g/mol. The molecule has 0 radical (unpaired) electrons. The van der Waals surface area contributed by atoms with Crippen molar-refractivity contribution < 1.29 is 13.2 Å². The van der Waals surface area contributed by atoms with Crippen molar-refractivity contribution in [1.29, 1.82) is 0 Å². The molecule has 1 aromatic heterocycles. The third kappa shape index (κ3) is 4.41. The largest absolute Gasteiger partial charge is 0.416 e. The molecule has 3 rings (SSSR count). The van der Waals surface area contributed by atoms with Gasteiger partial charge in [0, 0.05) is 18.2 Å². The predicted molar refractivity (Wildman–Crippen MR) is 91.6 cm³/mol. The van der Waals surface area contributed by atoms with Gasteiger partial charge in [-0.2, -0.15) is 13.2 Å². The lowest BCUT2D eigenvalue weighted by atomic mass is 10.1. The molecule has 0 unspecified atom stereocenters. The Morgan fingerprint density at radius 1 is 1.20 bits per heavy atom. The van der Waals surface area contributed by atoms with Crippen LogP contribution in [0.15, 0.2) is 30.3 Å². The summed E-state index contributed by atoms with van der Waals surface area (Å²) in [6, 6.07) is 6.65. The fourth-order valence-electron chi connectivity index (χ4n) is 2.92. The molecule has 0 bridgehead atoms. The van der Waals surface area contributed by atoms with Crippen LogP contribution in [0.4, 0.5) is 19.0 Å². The first-order chi connectivity index (χ1) is 11.8. The van der Waals surface area contributed by atoms with Gasteiger partial charge in [-0.05, 0) is 44.6 Å². The Kier molecular flexibility index (Phi) is 5.15. The molecule has 1 aromatic carbocycles. The number of anilines is 1. The van der Waals surface area contributed by atoms with E-state index < -0.39 is 11.7 Å². The van der Waals surface area contributed by atoms with Gasteiger partial charge in [0.15, 0.2) is 5.82 Å². The first-order valence-corrected chi connectivity index (χ1v) is 8.36. The average molecular weight is 371 g/mol. The van der Waals surface area contributed by atoms with Crippen LogP contribution >= 0.6 is 11.6 Å². The molecule has 2 aromatic rings. The molecule has 1 atom stereocenters. The number of likely N-dealkylation sites (N-methyl/N-ethyl adjacent to an activating group) is 1. The summed E-state index contributed by atoms with van der Waals surface area (Å²) in [4.78, 5) is 2.24. The molecule has 1 N–H and O–H groups in total. The van der Waals surface area contributed by atoms with Crippen molar-refractivity contribution in [3.8, 4) is 11.3 Å². The van der Waals surface area contributed by atoms with E-state index in [0.717, 1.165) is 38.1 Å². The number of hydrogen-bond acceptors (Lipinski definition) is 4. The van der Waals surface area contributed by atoms with Crippen LogP contribution in [0.25, 0.3) is 11.3 Å². The molecular formula is C17H18ClF3N4. The van der Waals surface area contributed by atoms with Gasteiger partial charge in [0.25, 0.3) is 0 Å². The number of rotatable bonds is 3. The Morgan fingerprint density at radius 3 is 2.52 bits per heavy atom. The van der Waals surface area contributed by atoms with Gasteiger partial charge in [0.1, 0.15) is 0 Å². The van der Waals surface area contributed by atoms with Gasteiger partial charge in [0.2, 0.25) is 0 Å². The van der Waals surface area contributed by atoms with Crippen molar-refractivity contribution in [2.24, 2.45) is 0 Å². The van der Waals surface area contributed by atoms with Gasteiger partial charge < -0.3 is 10.2 Å². The third-order valence-electron chi connectivity index (χ3n) is 4.22. The molecule has 4 nitrogen and oxygen atoms in total. The second kappa shape index (κ2) is 7.17. The van der Waals surface area contributed by atoms with Crippen molar-refractivity contribution in [2.75, 3.05) is 25.5 Å². The van der Waals surface area contributed by atoms with Crippen LogP contribution in [-0.2, 0) is 6.18 Å². The Hall–Kier alpha value is -1.86. The smallest absolute Gasteiger partial charge is 0.363 e. The quantitative estimate of drug-likeness (QED) is 0.873. The number of aromatic nitrogens is 2. The van der Waals surface area contributed by atoms with E-state index in [4.69, 9.17) is 11.6 Å². The number of halogens is 4. The molecule has 1 saturated heterocycles. The lowest BCUT2D eigenvalue weighted by Gasteiger charge is -2.30. The second-order valence-electron chi connectivity index (χ2n) is 6.25. The van der Waals surface area contributed by atoms with Crippen LogP contribution < -0.4 is 5.32 Å². The normalized spacial score (nSPS) is 19.0. The lowest BCUT2D eigenvalue weighted by Crippen LogP contribution is -2.40. The highest BCUT2D eigenvalue weighted by Gasteiger charge is 2.30. The van der Waals surface area contributed by atoms with Crippen LogP contribution in [0.2, 0.25) is 5.02 Å². The minimum Gasteiger partial charge on any atom is -0.363 e. The molecule has 0 spiro atoms. The summed E-state index contributed by atoms with van der Waals surface area (Å²) in [7, 11) is 2.06. The SMILES string of the molecule is CN1CCC[C@@H](Nc2nnc(-c3ccc(C(F)(F)F)cc3)cc2Cl)C1. The minimum absolute atomic E-state index is 0.252. The standard InChI is InChI=1S/C17H18ClF3N4/c1-25-8-2-3-13(10-25)22-16-14(18)9-15(23-24-16)11-4-6-12(7-5-11)17(19,20)21/h4-7,9,13H,2-3,8,10H2,1H3,(H,22,24)/t13-/m1/s1. The zero-order chi connectivity index (χ0) is 18.0. The zero-order valence-electron chi connectivity index (χ0n) is 13.6. The van der Waals surface area contributed by atoms with Crippen LogP contribution in [0, 0.1) is 0 Å². The van der Waals surface area contributed by atoms with E-state index in [2.05, 4.69) is 27.5 Å². The van der Waals surface area contributed by atoms with Crippen LogP contribution in [-0.4, -0.2) is 41.3 Å². The van der Waals surface area contributed by atoms with Crippen LogP contribution in [0.1, 0.15) is 18.4 Å². The van der Waals surface area contributed by atoms with Crippen molar-refractivity contribution in [3.63, 3.8) is 0 Å². The third-order valence-corrected chi connectivity index (χ3v) is 4.51. The number of piperidine rings is 1. The van der Waals surface area contributed by atoms with Crippen molar-refractivity contribution in [2.45, 2.75) is 25.1 Å². The number of alkyl halides is 3. The number of hydrogen-bond donors (Lipinski definition) is 1. The number of likely N-dealkylation sites (tertiary alicyclic amines) is 1. The fourth-order valence-corrected chi connectivity index (χ4v) is 3.11. The minimum atomic E-state index is -4.36. The van der Waals surface area contributed by atoms with Gasteiger partial charge in [-0.3, -0.25) is 0 Å². The number of nitrogens with one attached hydrogen (secondary N) is 1. The zero-order valence-corrected chi connectivity index (χ0v) is 14.4. The summed E-state index contributed by atoms with van der Waals surface area (Å²) in [5, 5.41) is 11.9. The summed E-state index contributed by atoms with van der Waals surface area (Å²) < 4.78 is 37.9.